The lowest BCUT2D eigenvalue weighted by molar-refractivity contribution is 0.261. The summed E-state index contributed by atoms with van der Waals surface area (Å²) in [6, 6.07) is 3.36. The third kappa shape index (κ3) is 3.74. The Kier molecular flexibility index (Phi) is 5.58. The maximum Gasteiger partial charge on any atom is 0.243 e. The molecule has 0 atom stereocenters. The highest BCUT2D eigenvalue weighted by Crippen LogP contribution is 2.28. The predicted octanol–water partition coefficient (Wildman–Crippen LogP) is 2.86. The normalized spacial score (nSPS) is 17.1. The number of nitrogens with zero attached hydrogens (tertiary/aromatic N) is 2. The van der Waals surface area contributed by atoms with Crippen molar-refractivity contribution in [3.63, 3.8) is 0 Å². The molecule has 0 bridgehead atoms. The molecule has 1 fully saturated rings. The zero-order valence-electron chi connectivity index (χ0n) is 12.9. The van der Waals surface area contributed by atoms with Crippen molar-refractivity contribution < 1.29 is 8.42 Å². The van der Waals surface area contributed by atoms with E-state index in [9.17, 15) is 8.42 Å². The van der Waals surface area contributed by atoms with E-state index in [4.69, 9.17) is 0 Å². The van der Waals surface area contributed by atoms with Crippen molar-refractivity contribution in [2.45, 2.75) is 56.9 Å². The summed E-state index contributed by atoms with van der Waals surface area (Å²) in [7, 11) is -3.44. The third-order valence-corrected chi connectivity index (χ3v) is 6.01. The van der Waals surface area contributed by atoms with Gasteiger partial charge in [0.2, 0.25) is 10.0 Å². The first-order valence-electron chi connectivity index (χ1n) is 7.81. The van der Waals surface area contributed by atoms with Crippen LogP contribution in [0.2, 0.25) is 0 Å². The fourth-order valence-electron chi connectivity index (χ4n) is 2.98. The molecule has 1 aromatic heterocycles. The molecule has 118 valence electrons. The van der Waals surface area contributed by atoms with Crippen molar-refractivity contribution in [1.82, 2.24) is 9.29 Å². The smallest absolute Gasteiger partial charge is 0.243 e. The summed E-state index contributed by atoms with van der Waals surface area (Å²) in [5.41, 5.74) is 0. The van der Waals surface area contributed by atoms with Crippen LogP contribution in [0.4, 0.5) is 5.82 Å². The number of rotatable bonds is 6. The van der Waals surface area contributed by atoms with Gasteiger partial charge in [-0.2, -0.15) is 4.31 Å². The second-order valence-corrected chi connectivity index (χ2v) is 7.30. The van der Waals surface area contributed by atoms with Gasteiger partial charge in [-0.25, -0.2) is 13.4 Å². The molecule has 0 saturated heterocycles. The highest BCUT2D eigenvalue weighted by Gasteiger charge is 2.31. The Morgan fingerprint density at radius 3 is 2.62 bits per heavy atom. The second-order valence-electron chi connectivity index (χ2n) is 5.41. The molecule has 1 N–H and O–H groups in total. The van der Waals surface area contributed by atoms with E-state index in [1.54, 1.807) is 22.6 Å². The van der Waals surface area contributed by atoms with Crippen LogP contribution in [-0.2, 0) is 10.0 Å². The molecule has 0 aromatic carbocycles. The molecule has 0 spiro atoms. The van der Waals surface area contributed by atoms with Crippen molar-refractivity contribution in [3.8, 4) is 0 Å². The van der Waals surface area contributed by atoms with Crippen LogP contribution in [0.15, 0.2) is 23.2 Å². The summed E-state index contributed by atoms with van der Waals surface area (Å²) < 4.78 is 27.4. The van der Waals surface area contributed by atoms with E-state index in [1.807, 2.05) is 13.8 Å². The Morgan fingerprint density at radius 1 is 1.29 bits per heavy atom. The van der Waals surface area contributed by atoms with Gasteiger partial charge in [-0.1, -0.05) is 26.2 Å². The van der Waals surface area contributed by atoms with Gasteiger partial charge in [-0.3, -0.25) is 0 Å². The first kappa shape index (κ1) is 16.2. The standard InChI is InChI=1S/C15H25N3O2S/c1-3-16-15-12-14(10-11-17-15)21(19,20)18(4-2)13-8-6-5-7-9-13/h10-13H,3-9H2,1-2H3,(H,16,17). The van der Waals surface area contributed by atoms with E-state index in [0.29, 0.717) is 17.3 Å². The molecular weight excluding hydrogens is 286 g/mol. The molecule has 0 radical (unpaired) electrons. The van der Waals surface area contributed by atoms with Crippen LogP contribution in [0.3, 0.4) is 0 Å². The largest absolute Gasteiger partial charge is 0.370 e. The monoisotopic (exact) mass is 311 g/mol. The molecule has 0 amide bonds. The van der Waals surface area contributed by atoms with Gasteiger partial charge in [-0.05, 0) is 25.8 Å². The molecule has 1 heterocycles. The highest BCUT2D eigenvalue weighted by molar-refractivity contribution is 7.89. The molecule has 0 unspecified atom stereocenters. The van der Waals surface area contributed by atoms with Crippen molar-refractivity contribution in [2.75, 3.05) is 18.4 Å². The molecule has 1 aliphatic carbocycles. The van der Waals surface area contributed by atoms with Crippen LogP contribution >= 0.6 is 0 Å². The van der Waals surface area contributed by atoms with Crippen molar-refractivity contribution in [1.29, 1.82) is 0 Å². The van der Waals surface area contributed by atoms with Crippen LogP contribution in [0.25, 0.3) is 0 Å². The molecule has 2 rings (SSSR count). The summed E-state index contributed by atoms with van der Waals surface area (Å²) in [4.78, 5) is 4.48. The van der Waals surface area contributed by atoms with E-state index in [0.717, 1.165) is 32.2 Å². The Bertz CT molecular complexity index is 554. The Morgan fingerprint density at radius 2 is 2.00 bits per heavy atom. The first-order valence-corrected chi connectivity index (χ1v) is 9.25. The highest BCUT2D eigenvalue weighted by atomic mass is 32.2. The van der Waals surface area contributed by atoms with E-state index in [1.165, 1.54) is 6.42 Å². The maximum atomic E-state index is 12.9. The minimum atomic E-state index is -3.44. The fraction of sp³-hybridized carbons (Fsp3) is 0.667. The Labute approximate surface area is 127 Å². The van der Waals surface area contributed by atoms with Gasteiger partial charge in [0.05, 0.1) is 4.90 Å². The average Bonchev–Trinajstić information content (AvgIpc) is 2.49. The van der Waals surface area contributed by atoms with E-state index in [-0.39, 0.29) is 6.04 Å². The molecule has 21 heavy (non-hydrogen) atoms. The molecule has 1 aromatic rings. The SMILES string of the molecule is CCNc1cc(S(=O)(=O)N(CC)C2CCCCC2)ccn1. The van der Waals surface area contributed by atoms with Crippen molar-refractivity contribution >= 4 is 15.8 Å². The number of aromatic nitrogens is 1. The van der Waals surface area contributed by atoms with Crippen LogP contribution in [-0.4, -0.2) is 36.8 Å². The van der Waals surface area contributed by atoms with Gasteiger partial charge in [0, 0.05) is 31.4 Å². The van der Waals surface area contributed by atoms with Crippen LogP contribution < -0.4 is 5.32 Å². The topological polar surface area (TPSA) is 62.3 Å². The summed E-state index contributed by atoms with van der Waals surface area (Å²) >= 11 is 0. The maximum absolute atomic E-state index is 12.9. The van der Waals surface area contributed by atoms with E-state index >= 15 is 0 Å². The lowest BCUT2D eigenvalue weighted by atomic mass is 9.95. The van der Waals surface area contributed by atoms with E-state index in [2.05, 4.69) is 10.3 Å². The van der Waals surface area contributed by atoms with Crippen molar-refractivity contribution in [3.05, 3.63) is 18.3 Å². The first-order chi connectivity index (χ1) is 10.1. The molecule has 0 aliphatic heterocycles. The third-order valence-electron chi connectivity index (χ3n) is 3.99. The fourth-order valence-corrected chi connectivity index (χ4v) is 4.69. The molecule has 1 aliphatic rings. The van der Waals surface area contributed by atoms with Crippen LogP contribution in [0.5, 0.6) is 0 Å². The summed E-state index contributed by atoms with van der Waals surface area (Å²) in [6.07, 6.45) is 6.95. The van der Waals surface area contributed by atoms with Crippen LogP contribution in [0.1, 0.15) is 46.0 Å². The van der Waals surface area contributed by atoms with Gasteiger partial charge >= 0.3 is 0 Å². The zero-order chi connectivity index (χ0) is 15.3. The minimum Gasteiger partial charge on any atom is -0.370 e. The Balaban J connectivity index is 2.27. The van der Waals surface area contributed by atoms with E-state index < -0.39 is 10.0 Å². The number of pyridine rings is 1. The predicted molar refractivity (Wildman–Crippen MR) is 84.8 cm³/mol. The number of anilines is 1. The average molecular weight is 311 g/mol. The molecule has 6 heteroatoms. The van der Waals surface area contributed by atoms with Gasteiger partial charge in [0.15, 0.2) is 0 Å². The summed E-state index contributed by atoms with van der Waals surface area (Å²) in [5, 5.41) is 3.06. The van der Waals surface area contributed by atoms with Crippen molar-refractivity contribution in [2.24, 2.45) is 0 Å². The number of hydrogen-bond acceptors (Lipinski definition) is 4. The molecule has 1 saturated carbocycles. The van der Waals surface area contributed by atoms with Crippen LogP contribution in [0, 0.1) is 0 Å². The number of nitrogens with one attached hydrogen (secondary N) is 1. The lowest BCUT2D eigenvalue weighted by Crippen LogP contribution is -2.41. The molecule has 5 nitrogen and oxygen atoms in total. The number of sulfonamides is 1. The zero-order valence-corrected chi connectivity index (χ0v) is 13.7. The second kappa shape index (κ2) is 7.22. The number of hydrogen-bond donors (Lipinski definition) is 1. The summed E-state index contributed by atoms with van der Waals surface area (Å²) in [6.45, 7) is 5.12. The lowest BCUT2D eigenvalue weighted by Gasteiger charge is -2.32. The quantitative estimate of drug-likeness (QED) is 0.877. The molecular formula is C15H25N3O2S. The van der Waals surface area contributed by atoms with Gasteiger partial charge in [0.1, 0.15) is 5.82 Å². The Hall–Kier alpha value is -1.14. The van der Waals surface area contributed by atoms with Gasteiger partial charge in [-0.15, -0.1) is 0 Å². The minimum absolute atomic E-state index is 0.143. The summed E-state index contributed by atoms with van der Waals surface area (Å²) in [5.74, 6) is 0.610. The van der Waals surface area contributed by atoms with Gasteiger partial charge in [0.25, 0.3) is 0 Å². The van der Waals surface area contributed by atoms with Gasteiger partial charge < -0.3 is 5.32 Å².